The number of hydrogen-bond acceptors (Lipinski definition) is 0. The molecule has 1 aromatic rings. The van der Waals surface area contributed by atoms with Crippen LogP contribution in [0, 0.1) is 6.07 Å². The lowest BCUT2D eigenvalue weighted by atomic mass is 10.1. The molecule has 1 radical (unpaired) electrons. The van der Waals surface area contributed by atoms with Crippen molar-refractivity contribution in [1.29, 1.82) is 0 Å². The third kappa shape index (κ3) is 3.03. The first-order chi connectivity index (χ1) is 5.43. The number of hydrogen-bond donors (Lipinski definition) is 0. The predicted molar refractivity (Wildman–Crippen MR) is 48.4 cm³/mol. The second kappa shape index (κ2) is 4.73. The van der Waals surface area contributed by atoms with E-state index in [0.717, 1.165) is 12.8 Å². The molecule has 0 saturated carbocycles. The van der Waals surface area contributed by atoms with Gasteiger partial charge in [0.1, 0.15) is 0 Å². The van der Waals surface area contributed by atoms with Crippen molar-refractivity contribution in [2.75, 3.05) is 0 Å². The van der Waals surface area contributed by atoms with E-state index in [1.165, 1.54) is 12.0 Å². The van der Waals surface area contributed by atoms with Gasteiger partial charge in [-0.2, -0.15) is 0 Å². The summed E-state index contributed by atoms with van der Waals surface area (Å²) < 4.78 is 0. The minimum absolute atomic E-state index is 1.11. The van der Waals surface area contributed by atoms with E-state index in [1.54, 1.807) is 0 Å². The number of aryl methyl sites for hydroxylation is 1. The van der Waals surface area contributed by atoms with Crippen molar-refractivity contribution in [3.8, 4) is 0 Å². The van der Waals surface area contributed by atoms with Crippen LogP contribution in [0.25, 0.3) is 0 Å². The lowest BCUT2D eigenvalue weighted by Crippen LogP contribution is -1.82. The lowest BCUT2D eigenvalue weighted by molar-refractivity contribution is 0.844. The van der Waals surface area contributed by atoms with Crippen LogP contribution in [0.4, 0.5) is 0 Å². The number of rotatable bonds is 4. The second-order valence-electron chi connectivity index (χ2n) is 2.59. The standard InChI is InChI=1S/C11H13/c1-2-3-5-8-11-9-6-4-7-10-11/h2,4,6,9-10H,1,3,5,8H2. The Bertz CT molecular complexity index is 199. The van der Waals surface area contributed by atoms with Crippen molar-refractivity contribution in [2.24, 2.45) is 0 Å². The minimum atomic E-state index is 1.11. The Morgan fingerprint density at radius 3 is 3.09 bits per heavy atom. The van der Waals surface area contributed by atoms with Gasteiger partial charge in [-0.1, -0.05) is 30.3 Å². The SMILES string of the molecule is C=CCCCc1c[c]ccc1. The monoisotopic (exact) mass is 145 g/mol. The highest BCUT2D eigenvalue weighted by molar-refractivity contribution is 5.13. The Morgan fingerprint density at radius 2 is 2.45 bits per heavy atom. The summed E-state index contributed by atoms with van der Waals surface area (Å²) in [5, 5.41) is 0. The van der Waals surface area contributed by atoms with Gasteiger partial charge in [-0.25, -0.2) is 0 Å². The van der Waals surface area contributed by atoms with Crippen LogP contribution >= 0.6 is 0 Å². The van der Waals surface area contributed by atoms with Gasteiger partial charge in [0.15, 0.2) is 0 Å². The summed E-state index contributed by atoms with van der Waals surface area (Å²) in [5.74, 6) is 0. The van der Waals surface area contributed by atoms with Crippen LogP contribution in [0.15, 0.2) is 36.9 Å². The van der Waals surface area contributed by atoms with Crippen LogP contribution in [0.1, 0.15) is 18.4 Å². The van der Waals surface area contributed by atoms with Gasteiger partial charge in [0.25, 0.3) is 0 Å². The highest BCUT2D eigenvalue weighted by Crippen LogP contribution is 2.03. The van der Waals surface area contributed by atoms with Gasteiger partial charge in [0, 0.05) is 0 Å². The van der Waals surface area contributed by atoms with E-state index in [1.807, 2.05) is 24.3 Å². The zero-order valence-electron chi connectivity index (χ0n) is 6.72. The maximum atomic E-state index is 3.68. The van der Waals surface area contributed by atoms with Gasteiger partial charge < -0.3 is 0 Å². The van der Waals surface area contributed by atoms with Crippen LogP contribution in [0.2, 0.25) is 0 Å². The van der Waals surface area contributed by atoms with Crippen molar-refractivity contribution in [1.82, 2.24) is 0 Å². The molecule has 57 valence electrons. The number of benzene rings is 1. The first kappa shape index (κ1) is 8.06. The van der Waals surface area contributed by atoms with Gasteiger partial charge in [0.05, 0.1) is 0 Å². The fourth-order valence-corrected chi connectivity index (χ4v) is 1.04. The van der Waals surface area contributed by atoms with Crippen molar-refractivity contribution in [3.63, 3.8) is 0 Å². The van der Waals surface area contributed by atoms with E-state index < -0.39 is 0 Å². The molecular formula is C11H13. The molecule has 0 heterocycles. The fraction of sp³-hybridized carbons (Fsp3) is 0.273. The first-order valence-electron chi connectivity index (χ1n) is 3.99. The van der Waals surface area contributed by atoms with Crippen molar-refractivity contribution in [3.05, 3.63) is 48.6 Å². The van der Waals surface area contributed by atoms with E-state index in [4.69, 9.17) is 0 Å². The van der Waals surface area contributed by atoms with E-state index in [0.29, 0.717) is 0 Å². The predicted octanol–water partition coefficient (Wildman–Crippen LogP) is 3.00. The number of unbranched alkanes of at least 4 members (excludes halogenated alkanes) is 1. The summed E-state index contributed by atoms with van der Waals surface area (Å²) in [6, 6.07) is 11.2. The Labute approximate surface area is 68.6 Å². The lowest BCUT2D eigenvalue weighted by Gasteiger charge is -1.96. The van der Waals surface area contributed by atoms with Gasteiger partial charge >= 0.3 is 0 Å². The average Bonchev–Trinajstić information content (AvgIpc) is 2.07. The highest BCUT2D eigenvalue weighted by Gasteiger charge is 1.88. The van der Waals surface area contributed by atoms with Crippen LogP contribution < -0.4 is 0 Å². The Hall–Kier alpha value is -1.04. The average molecular weight is 145 g/mol. The van der Waals surface area contributed by atoms with Crippen LogP contribution in [0.5, 0.6) is 0 Å². The van der Waals surface area contributed by atoms with E-state index >= 15 is 0 Å². The quantitative estimate of drug-likeness (QED) is 0.451. The molecule has 0 nitrogen and oxygen atoms in total. The molecule has 0 fully saturated rings. The molecule has 0 unspecified atom stereocenters. The second-order valence-corrected chi connectivity index (χ2v) is 2.59. The van der Waals surface area contributed by atoms with Gasteiger partial charge in [-0.15, -0.1) is 6.58 Å². The molecule has 1 aromatic carbocycles. The molecule has 0 atom stereocenters. The molecule has 0 N–H and O–H groups in total. The summed E-state index contributed by atoms with van der Waals surface area (Å²) in [5.41, 5.74) is 1.37. The molecule has 0 spiro atoms. The smallest absolute Gasteiger partial charge is 0.0181 e. The molecule has 1 rings (SSSR count). The molecule has 0 aliphatic rings. The summed E-state index contributed by atoms with van der Waals surface area (Å²) in [4.78, 5) is 0. The van der Waals surface area contributed by atoms with Gasteiger partial charge in [0.2, 0.25) is 0 Å². The minimum Gasteiger partial charge on any atom is -0.103 e. The normalized spacial score (nSPS) is 9.45. The Morgan fingerprint density at radius 1 is 1.55 bits per heavy atom. The van der Waals surface area contributed by atoms with Crippen LogP contribution in [-0.4, -0.2) is 0 Å². The molecule has 0 heteroatoms. The molecule has 0 amide bonds. The zero-order valence-corrected chi connectivity index (χ0v) is 6.72. The van der Waals surface area contributed by atoms with Crippen molar-refractivity contribution < 1.29 is 0 Å². The molecule has 11 heavy (non-hydrogen) atoms. The Balaban J connectivity index is 2.33. The number of allylic oxidation sites excluding steroid dienone is 1. The third-order valence-corrected chi connectivity index (χ3v) is 1.65. The van der Waals surface area contributed by atoms with Crippen LogP contribution in [0.3, 0.4) is 0 Å². The van der Waals surface area contributed by atoms with E-state index in [-0.39, 0.29) is 0 Å². The van der Waals surface area contributed by atoms with E-state index in [9.17, 15) is 0 Å². The molecule has 0 aliphatic carbocycles. The molecular weight excluding hydrogens is 132 g/mol. The fourth-order valence-electron chi connectivity index (χ4n) is 1.04. The third-order valence-electron chi connectivity index (χ3n) is 1.65. The molecule has 0 bridgehead atoms. The van der Waals surface area contributed by atoms with E-state index in [2.05, 4.69) is 18.7 Å². The summed E-state index contributed by atoms with van der Waals surface area (Å²) in [7, 11) is 0. The summed E-state index contributed by atoms with van der Waals surface area (Å²) >= 11 is 0. The summed E-state index contributed by atoms with van der Waals surface area (Å²) in [6.45, 7) is 3.68. The molecule has 0 aliphatic heterocycles. The molecule has 0 aromatic heterocycles. The highest BCUT2D eigenvalue weighted by atomic mass is 13.9. The maximum Gasteiger partial charge on any atom is -0.0181 e. The first-order valence-corrected chi connectivity index (χ1v) is 3.99. The zero-order chi connectivity index (χ0) is 7.94. The van der Waals surface area contributed by atoms with Gasteiger partial charge in [-0.3, -0.25) is 0 Å². The van der Waals surface area contributed by atoms with Crippen molar-refractivity contribution >= 4 is 0 Å². The van der Waals surface area contributed by atoms with Gasteiger partial charge in [-0.05, 0) is 30.9 Å². The topological polar surface area (TPSA) is 0 Å². The van der Waals surface area contributed by atoms with Crippen LogP contribution in [-0.2, 0) is 6.42 Å². The molecule has 0 saturated heterocycles. The Kier molecular flexibility index (Phi) is 3.46. The summed E-state index contributed by atoms with van der Waals surface area (Å²) in [6.07, 6.45) is 5.41. The maximum absolute atomic E-state index is 3.68. The largest absolute Gasteiger partial charge is 0.103 e. The van der Waals surface area contributed by atoms with Crippen molar-refractivity contribution in [2.45, 2.75) is 19.3 Å².